The first-order valence-electron chi connectivity index (χ1n) is 5.11. The Labute approximate surface area is 104 Å². The van der Waals surface area contributed by atoms with E-state index in [1.54, 1.807) is 24.3 Å². The van der Waals surface area contributed by atoms with E-state index < -0.39 is 12.6 Å². The van der Waals surface area contributed by atoms with Crippen LogP contribution in [-0.2, 0) is 14.3 Å². The van der Waals surface area contributed by atoms with Crippen LogP contribution in [0.5, 0.6) is 0 Å². The average Bonchev–Trinajstić information content (AvgIpc) is 2.37. The fourth-order valence-electron chi connectivity index (χ4n) is 1.25. The average molecular weight is 248 g/mol. The Hall–Kier alpha value is -2.39. The number of hydrogen-bond donors (Lipinski definition) is 1. The summed E-state index contributed by atoms with van der Waals surface area (Å²) in [7, 11) is 1.53. The van der Waals surface area contributed by atoms with E-state index in [0.717, 1.165) is 0 Å². The van der Waals surface area contributed by atoms with E-state index in [9.17, 15) is 9.59 Å². The van der Waals surface area contributed by atoms with Crippen LogP contribution in [-0.4, -0.2) is 37.2 Å². The first-order valence-corrected chi connectivity index (χ1v) is 5.11. The third-order valence-electron chi connectivity index (χ3n) is 2.19. The van der Waals surface area contributed by atoms with Gasteiger partial charge in [-0.25, -0.2) is 4.79 Å². The van der Waals surface area contributed by atoms with Crippen molar-refractivity contribution in [2.75, 3.05) is 25.2 Å². The van der Waals surface area contributed by atoms with Gasteiger partial charge in [0.15, 0.2) is 0 Å². The zero-order chi connectivity index (χ0) is 13.5. The summed E-state index contributed by atoms with van der Waals surface area (Å²) < 4.78 is 4.70. The van der Waals surface area contributed by atoms with Crippen LogP contribution in [0.4, 0.5) is 5.69 Å². The Morgan fingerprint density at radius 2 is 2.17 bits per heavy atom. The highest BCUT2D eigenvalue weighted by atomic mass is 16.5. The molecule has 0 spiro atoms. The lowest BCUT2D eigenvalue weighted by Crippen LogP contribution is -2.30. The fourth-order valence-corrected chi connectivity index (χ4v) is 1.25. The SMILES string of the molecule is CN(C(=O)COCC(=O)O)c1cccc(C#N)c1. The van der Waals surface area contributed by atoms with Crippen molar-refractivity contribution in [3.63, 3.8) is 0 Å². The number of carboxylic acid groups (broad SMARTS) is 1. The van der Waals surface area contributed by atoms with Gasteiger partial charge in [-0.05, 0) is 18.2 Å². The molecule has 0 aromatic heterocycles. The van der Waals surface area contributed by atoms with Gasteiger partial charge >= 0.3 is 5.97 Å². The van der Waals surface area contributed by atoms with Crippen molar-refractivity contribution in [1.82, 2.24) is 0 Å². The zero-order valence-corrected chi connectivity index (χ0v) is 9.79. The fraction of sp³-hybridized carbons (Fsp3) is 0.250. The standard InChI is InChI=1S/C12H12N2O4/c1-14(11(15)7-18-8-12(16)17)10-4-2-3-9(5-10)6-13/h2-5H,7-8H2,1H3,(H,16,17). The van der Waals surface area contributed by atoms with Gasteiger partial charge in [0.25, 0.3) is 5.91 Å². The molecule has 1 aromatic rings. The van der Waals surface area contributed by atoms with Crippen molar-refractivity contribution in [2.45, 2.75) is 0 Å². The number of likely N-dealkylation sites (N-methyl/N-ethyl adjacent to an activating group) is 1. The van der Waals surface area contributed by atoms with Crippen LogP contribution in [0, 0.1) is 11.3 Å². The predicted octanol–water partition coefficient (Wildman–Crippen LogP) is 0.622. The van der Waals surface area contributed by atoms with Crippen molar-refractivity contribution in [1.29, 1.82) is 5.26 Å². The number of benzene rings is 1. The van der Waals surface area contributed by atoms with Gasteiger partial charge < -0.3 is 14.7 Å². The van der Waals surface area contributed by atoms with Crippen molar-refractivity contribution < 1.29 is 19.4 Å². The molecule has 1 amide bonds. The normalized spacial score (nSPS) is 9.56. The molecule has 0 bridgehead atoms. The first kappa shape index (κ1) is 13.7. The Morgan fingerprint density at radius 1 is 1.44 bits per heavy atom. The maximum atomic E-state index is 11.6. The molecule has 0 aliphatic rings. The number of carboxylic acids is 1. The van der Waals surface area contributed by atoms with Gasteiger partial charge in [-0.3, -0.25) is 4.79 Å². The Bertz CT molecular complexity index is 493. The minimum atomic E-state index is -1.13. The van der Waals surface area contributed by atoms with Gasteiger partial charge in [0, 0.05) is 12.7 Å². The molecule has 0 saturated heterocycles. The van der Waals surface area contributed by atoms with Crippen molar-refractivity contribution in [3.05, 3.63) is 29.8 Å². The number of hydrogen-bond acceptors (Lipinski definition) is 4. The smallest absolute Gasteiger partial charge is 0.329 e. The molecule has 0 aliphatic carbocycles. The number of ether oxygens (including phenoxy) is 1. The van der Waals surface area contributed by atoms with E-state index in [2.05, 4.69) is 0 Å². The third kappa shape index (κ3) is 3.88. The summed E-state index contributed by atoms with van der Waals surface area (Å²) in [5.41, 5.74) is 0.997. The second kappa shape index (κ2) is 6.37. The summed E-state index contributed by atoms with van der Waals surface area (Å²) in [5.74, 6) is -1.51. The molecule has 0 radical (unpaired) electrons. The van der Waals surface area contributed by atoms with Crippen molar-refractivity contribution in [2.24, 2.45) is 0 Å². The van der Waals surface area contributed by atoms with Gasteiger partial charge in [-0.15, -0.1) is 0 Å². The number of nitriles is 1. The number of aliphatic carboxylic acids is 1. The summed E-state index contributed by atoms with van der Waals surface area (Å²) in [5, 5.41) is 17.1. The Balaban J connectivity index is 2.63. The van der Waals surface area contributed by atoms with Crippen LogP contribution in [0.2, 0.25) is 0 Å². The molecule has 0 heterocycles. The molecule has 94 valence electrons. The Morgan fingerprint density at radius 3 is 2.78 bits per heavy atom. The lowest BCUT2D eigenvalue weighted by Gasteiger charge is -2.17. The highest BCUT2D eigenvalue weighted by Crippen LogP contribution is 2.14. The number of carbonyl (C=O) groups excluding carboxylic acids is 1. The van der Waals surface area contributed by atoms with Crippen LogP contribution in [0.15, 0.2) is 24.3 Å². The summed E-state index contributed by atoms with van der Waals surface area (Å²) in [6, 6.07) is 8.50. The molecule has 1 N–H and O–H groups in total. The lowest BCUT2D eigenvalue weighted by atomic mass is 10.2. The molecular formula is C12H12N2O4. The zero-order valence-electron chi connectivity index (χ0n) is 9.79. The van der Waals surface area contributed by atoms with Crippen molar-refractivity contribution >= 4 is 17.6 Å². The van der Waals surface area contributed by atoms with Crippen LogP contribution in [0.3, 0.4) is 0 Å². The number of carbonyl (C=O) groups is 2. The van der Waals surface area contributed by atoms with E-state index in [1.807, 2.05) is 6.07 Å². The number of rotatable bonds is 5. The summed E-state index contributed by atoms with van der Waals surface area (Å²) in [6.07, 6.45) is 0. The maximum Gasteiger partial charge on any atom is 0.329 e. The molecule has 0 saturated carbocycles. The van der Waals surface area contributed by atoms with E-state index in [4.69, 9.17) is 15.1 Å². The molecule has 1 aromatic carbocycles. The minimum Gasteiger partial charge on any atom is -0.480 e. The second-order valence-electron chi connectivity index (χ2n) is 3.50. The van der Waals surface area contributed by atoms with E-state index in [-0.39, 0.29) is 12.5 Å². The quantitative estimate of drug-likeness (QED) is 0.824. The number of amides is 1. The third-order valence-corrected chi connectivity index (χ3v) is 2.19. The first-order chi connectivity index (χ1) is 8.54. The lowest BCUT2D eigenvalue weighted by molar-refractivity contribution is -0.143. The van der Waals surface area contributed by atoms with Crippen molar-refractivity contribution in [3.8, 4) is 6.07 Å². The summed E-state index contributed by atoms with van der Waals surface area (Å²) >= 11 is 0. The molecule has 6 nitrogen and oxygen atoms in total. The Kier molecular flexibility index (Phi) is 4.84. The second-order valence-corrected chi connectivity index (χ2v) is 3.50. The maximum absolute atomic E-state index is 11.6. The molecule has 0 aliphatic heterocycles. The van der Waals surface area contributed by atoms with Crippen LogP contribution >= 0.6 is 0 Å². The molecule has 0 atom stereocenters. The van der Waals surface area contributed by atoms with Gasteiger partial charge in [-0.1, -0.05) is 6.07 Å². The number of anilines is 1. The van der Waals surface area contributed by atoms with Crippen LogP contribution < -0.4 is 4.90 Å². The summed E-state index contributed by atoms with van der Waals surface area (Å²) in [4.78, 5) is 23.2. The summed E-state index contributed by atoms with van der Waals surface area (Å²) in [6.45, 7) is -0.836. The number of nitrogens with zero attached hydrogens (tertiary/aromatic N) is 2. The topological polar surface area (TPSA) is 90.6 Å². The highest BCUT2D eigenvalue weighted by Gasteiger charge is 2.12. The molecule has 18 heavy (non-hydrogen) atoms. The molecule has 0 fully saturated rings. The van der Waals surface area contributed by atoms with Gasteiger partial charge in [0.2, 0.25) is 0 Å². The monoisotopic (exact) mass is 248 g/mol. The van der Waals surface area contributed by atoms with Crippen LogP contribution in [0.1, 0.15) is 5.56 Å². The predicted molar refractivity (Wildman–Crippen MR) is 63.0 cm³/mol. The highest BCUT2D eigenvalue weighted by molar-refractivity contribution is 5.94. The molecule has 1 rings (SSSR count). The largest absolute Gasteiger partial charge is 0.480 e. The van der Waals surface area contributed by atoms with Gasteiger partial charge in [0.05, 0.1) is 11.6 Å². The van der Waals surface area contributed by atoms with Gasteiger partial charge in [-0.2, -0.15) is 5.26 Å². The van der Waals surface area contributed by atoms with E-state index in [1.165, 1.54) is 11.9 Å². The van der Waals surface area contributed by atoms with Gasteiger partial charge in [0.1, 0.15) is 13.2 Å². The molecular weight excluding hydrogens is 236 g/mol. The molecule has 0 unspecified atom stereocenters. The van der Waals surface area contributed by atoms with E-state index >= 15 is 0 Å². The van der Waals surface area contributed by atoms with Crippen LogP contribution in [0.25, 0.3) is 0 Å². The van der Waals surface area contributed by atoms with E-state index in [0.29, 0.717) is 11.3 Å². The minimum absolute atomic E-state index is 0.320. The molecule has 6 heteroatoms.